The average Bonchev–Trinajstić information content (AvgIpc) is 3.26. The molecule has 4 rings (SSSR count). The first-order chi connectivity index (χ1) is 15.1. The monoisotopic (exact) mass is 456 g/mol. The molecule has 0 aliphatic rings. The van der Waals surface area contributed by atoms with Gasteiger partial charge in [-0.25, -0.2) is 4.98 Å². The normalized spacial score (nSPS) is 11.3. The number of thioether (sulfide) groups is 1. The van der Waals surface area contributed by atoms with E-state index in [-0.39, 0.29) is 5.56 Å². The van der Waals surface area contributed by atoms with Crippen LogP contribution in [0.5, 0.6) is 0 Å². The molecule has 2 heterocycles. The summed E-state index contributed by atoms with van der Waals surface area (Å²) in [5.74, 6) is 1.37. The number of hydrogen-bond acceptors (Lipinski definition) is 7. The lowest BCUT2D eigenvalue weighted by Gasteiger charge is -2.12. The van der Waals surface area contributed by atoms with Crippen molar-refractivity contribution in [2.24, 2.45) is 0 Å². The van der Waals surface area contributed by atoms with Crippen LogP contribution in [0, 0.1) is 0 Å². The van der Waals surface area contributed by atoms with Crippen LogP contribution in [0.1, 0.15) is 18.4 Å². The third kappa shape index (κ3) is 4.81. The predicted octanol–water partition coefficient (Wildman–Crippen LogP) is 4.60. The fourth-order valence-electron chi connectivity index (χ4n) is 3.11. The van der Waals surface area contributed by atoms with Crippen molar-refractivity contribution < 1.29 is 9.26 Å². The molecule has 0 saturated heterocycles. The summed E-state index contributed by atoms with van der Waals surface area (Å²) in [7, 11) is 1.60. The number of nitrogens with zero attached hydrogens (tertiary/aromatic N) is 4. The number of fused-ring (bicyclic) bond motifs is 1. The molecule has 0 unspecified atom stereocenters. The molecular formula is C22H21ClN4O3S. The third-order valence-corrected chi connectivity index (χ3v) is 6.01. The molecule has 160 valence electrons. The SMILES string of the molecule is CCc1ccc(-c2noc(CSc3nc4cc(Cl)ccc4c(=O)n3CCOC)n2)cc1. The van der Waals surface area contributed by atoms with Gasteiger partial charge in [-0.15, -0.1) is 0 Å². The molecule has 7 nitrogen and oxygen atoms in total. The van der Waals surface area contributed by atoms with Crippen molar-refractivity contribution in [1.29, 1.82) is 0 Å². The quantitative estimate of drug-likeness (QED) is 0.283. The largest absolute Gasteiger partial charge is 0.383 e. The van der Waals surface area contributed by atoms with Crippen LogP contribution in [0.25, 0.3) is 22.3 Å². The standard InChI is InChI=1S/C22H21ClN4O3S/c1-3-14-4-6-15(7-5-14)20-25-19(30-26-20)13-31-22-24-18-12-16(23)8-9-17(18)21(28)27(22)10-11-29-2/h4-9,12H,3,10-11,13H2,1-2H3. The van der Waals surface area contributed by atoms with Crippen molar-refractivity contribution in [1.82, 2.24) is 19.7 Å². The van der Waals surface area contributed by atoms with E-state index in [1.807, 2.05) is 12.1 Å². The fraction of sp³-hybridized carbons (Fsp3) is 0.273. The topological polar surface area (TPSA) is 83.0 Å². The van der Waals surface area contributed by atoms with E-state index >= 15 is 0 Å². The Hall–Kier alpha value is -2.68. The Morgan fingerprint density at radius 3 is 2.71 bits per heavy atom. The van der Waals surface area contributed by atoms with Crippen LogP contribution in [-0.4, -0.2) is 33.4 Å². The third-order valence-electron chi connectivity index (χ3n) is 4.81. The zero-order valence-corrected chi connectivity index (χ0v) is 18.7. The van der Waals surface area contributed by atoms with Crippen LogP contribution in [0.2, 0.25) is 5.02 Å². The van der Waals surface area contributed by atoms with E-state index in [1.54, 1.807) is 29.9 Å². The van der Waals surface area contributed by atoms with E-state index in [0.717, 1.165) is 12.0 Å². The van der Waals surface area contributed by atoms with Gasteiger partial charge in [-0.05, 0) is 30.2 Å². The van der Waals surface area contributed by atoms with Crippen LogP contribution in [0.4, 0.5) is 0 Å². The molecule has 0 bridgehead atoms. The van der Waals surface area contributed by atoms with Crippen molar-refractivity contribution in [3.8, 4) is 11.4 Å². The van der Waals surface area contributed by atoms with E-state index in [1.165, 1.54) is 17.3 Å². The molecule has 0 fully saturated rings. The van der Waals surface area contributed by atoms with E-state index in [4.69, 9.17) is 20.9 Å². The molecule has 2 aromatic carbocycles. The summed E-state index contributed by atoms with van der Waals surface area (Å²) in [5.41, 5.74) is 2.56. The maximum absolute atomic E-state index is 13.0. The van der Waals surface area contributed by atoms with E-state index in [9.17, 15) is 4.79 Å². The second-order valence-electron chi connectivity index (χ2n) is 6.86. The lowest BCUT2D eigenvalue weighted by molar-refractivity contribution is 0.183. The molecule has 0 radical (unpaired) electrons. The molecule has 0 amide bonds. The van der Waals surface area contributed by atoms with E-state index < -0.39 is 0 Å². The van der Waals surface area contributed by atoms with Crippen molar-refractivity contribution in [2.75, 3.05) is 13.7 Å². The molecule has 0 saturated carbocycles. The Labute approximate surface area is 188 Å². The van der Waals surface area contributed by atoms with Gasteiger partial charge in [0.1, 0.15) is 0 Å². The Kier molecular flexibility index (Phi) is 6.70. The highest BCUT2D eigenvalue weighted by atomic mass is 35.5. The summed E-state index contributed by atoms with van der Waals surface area (Å²) in [4.78, 5) is 22.1. The zero-order chi connectivity index (χ0) is 21.8. The lowest BCUT2D eigenvalue weighted by atomic mass is 10.1. The molecule has 4 aromatic rings. The minimum atomic E-state index is -0.136. The van der Waals surface area contributed by atoms with Crippen LogP contribution >= 0.6 is 23.4 Å². The Morgan fingerprint density at radius 2 is 1.97 bits per heavy atom. The van der Waals surface area contributed by atoms with Gasteiger partial charge in [-0.3, -0.25) is 9.36 Å². The van der Waals surface area contributed by atoms with Gasteiger partial charge in [0.05, 0.1) is 29.8 Å². The van der Waals surface area contributed by atoms with Gasteiger partial charge >= 0.3 is 0 Å². The van der Waals surface area contributed by atoms with Crippen molar-refractivity contribution in [3.05, 3.63) is 69.3 Å². The first-order valence-electron chi connectivity index (χ1n) is 9.82. The van der Waals surface area contributed by atoms with Crippen LogP contribution in [0.3, 0.4) is 0 Å². The molecule has 0 spiro atoms. The van der Waals surface area contributed by atoms with E-state index in [0.29, 0.717) is 51.7 Å². The summed E-state index contributed by atoms with van der Waals surface area (Å²) < 4.78 is 12.2. The second kappa shape index (κ2) is 9.64. The summed E-state index contributed by atoms with van der Waals surface area (Å²) in [6, 6.07) is 13.1. The number of ether oxygens (including phenoxy) is 1. The molecule has 0 atom stereocenters. The number of rotatable bonds is 8. The average molecular weight is 457 g/mol. The highest BCUT2D eigenvalue weighted by Crippen LogP contribution is 2.24. The molecule has 0 N–H and O–H groups in total. The highest BCUT2D eigenvalue weighted by Gasteiger charge is 2.15. The number of aryl methyl sites for hydroxylation is 1. The number of benzene rings is 2. The van der Waals surface area contributed by atoms with Crippen molar-refractivity contribution in [3.63, 3.8) is 0 Å². The highest BCUT2D eigenvalue weighted by molar-refractivity contribution is 7.98. The number of aromatic nitrogens is 4. The van der Waals surface area contributed by atoms with Gasteiger partial charge in [0.2, 0.25) is 11.7 Å². The number of hydrogen-bond donors (Lipinski definition) is 0. The first kappa shape index (κ1) is 21.5. The summed E-state index contributed by atoms with van der Waals surface area (Å²) in [6.45, 7) is 2.90. The van der Waals surface area contributed by atoms with Gasteiger partial charge in [-0.1, -0.05) is 59.7 Å². The van der Waals surface area contributed by atoms with Crippen LogP contribution < -0.4 is 5.56 Å². The first-order valence-corrected chi connectivity index (χ1v) is 11.2. The minimum absolute atomic E-state index is 0.136. The maximum Gasteiger partial charge on any atom is 0.262 e. The summed E-state index contributed by atoms with van der Waals surface area (Å²) in [5, 5.41) is 5.67. The molecule has 0 aliphatic heterocycles. The molecule has 9 heteroatoms. The van der Waals surface area contributed by atoms with Crippen LogP contribution in [0.15, 0.2) is 56.9 Å². The fourth-order valence-corrected chi connectivity index (χ4v) is 4.14. The Morgan fingerprint density at radius 1 is 1.16 bits per heavy atom. The molecular weight excluding hydrogens is 436 g/mol. The predicted molar refractivity (Wildman–Crippen MR) is 122 cm³/mol. The van der Waals surface area contributed by atoms with Crippen LogP contribution in [-0.2, 0) is 23.5 Å². The van der Waals surface area contributed by atoms with Gasteiger partial charge in [0, 0.05) is 17.7 Å². The van der Waals surface area contributed by atoms with Gasteiger partial charge < -0.3 is 9.26 Å². The lowest BCUT2D eigenvalue weighted by Crippen LogP contribution is -2.25. The molecule has 2 aromatic heterocycles. The van der Waals surface area contributed by atoms with Crippen molar-refractivity contribution in [2.45, 2.75) is 30.8 Å². The zero-order valence-electron chi connectivity index (χ0n) is 17.2. The Balaban J connectivity index is 1.59. The maximum atomic E-state index is 13.0. The Bertz CT molecular complexity index is 1250. The van der Waals surface area contributed by atoms with Gasteiger partial charge in [0.15, 0.2) is 5.16 Å². The summed E-state index contributed by atoms with van der Waals surface area (Å²) in [6.07, 6.45) is 0.975. The van der Waals surface area contributed by atoms with Gasteiger partial charge in [-0.2, -0.15) is 4.98 Å². The minimum Gasteiger partial charge on any atom is -0.383 e. The summed E-state index contributed by atoms with van der Waals surface area (Å²) >= 11 is 7.45. The second-order valence-corrected chi connectivity index (χ2v) is 8.24. The van der Waals surface area contributed by atoms with E-state index in [2.05, 4.69) is 34.2 Å². The number of halogens is 1. The van der Waals surface area contributed by atoms with Crippen molar-refractivity contribution >= 4 is 34.3 Å². The molecule has 0 aliphatic carbocycles. The molecule has 31 heavy (non-hydrogen) atoms. The smallest absolute Gasteiger partial charge is 0.262 e. The van der Waals surface area contributed by atoms with Gasteiger partial charge in [0.25, 0.3) is 5.56 Å². The number of methoxy groups -OCH3 is 1.